The van der Waals surface area contributed by atoms with Gasteiger partial charge >= 0.3 is 6.03 Å². The maximum atomic E-state index is 13.6. The van der Waals surface area contributed by atoms with Gasteiger partial charge < -0.3 is 24.6 Å². The zero-order valence-electron chi connectivity index (χ0n) is 21.3. The van der Waals surface area contributed by atoms with Gasteiger partial charge in [-0.05, 0) is 53.4 Å². The molecular weight excluding hydrogens is 543 g/mol. The van der Waals surface area contributed by atoms with Crippen molar-refractivity contribution in [3.63, 3.8) is 0 Å². The molecule has 1 saturated heterocycles. The fraction of sp³-hybridized carbons (Fsp3) is 0.296. The van der Waals surface area contributed by atoms with E-state index >= 15 is 0 Å². The van der Waals surface area contributed by atoms with E-state index in [9.17, 15) is 22.7 Å². The van der Waals surface area contributed by atoms with Gasteiger partial charge in [0.15, 0.2) is 0 Å². The second-order valence-electron chi connectivity index (χ2n) is 9.95. The molecule has 39 heavy (non-hydrogen) atoms. The Morgan fingerprint density at radius 2 is 1.92 bits per heavy atom. The van der Waals surface area contributed by atoms with Gasteiger partial charge in [0.05, 0.1) is 25.3 Å². The lowest BCUT2D eigenvalue weighted by Gasteiger charge is -2.55. The van der Waals surface area contributed by atoms with E-state index in [1.807, 2.05) is 29.8 Å². The zero-order chi connectivity index (χ0) is 27.5. The Morgan fingerprint density at radius 1 is 1.18 bits per heavy atom. The molecule has 2 aliphatic heterocycles. The first kappa shape index (κ1) is 25.8. The highest BCUT2D eigenvalue weighted by atomic mass is 32.2. The quantitative estimate of drug-likeness (QED) is 0.379. The van der Waals surface area contributed by atoms with Crippen molar-refractivity contribution < 1.29 is 27.4 Å². The number of amides is 2. The minimum atomic E-state index is -3.68. The highest BCUT2D eigenvalue weighted by Gasteiger charge is 2.57. The van der Waals surface area contributed by atoms with Gasteiger partial charge in [-0.2, -0.15) is 4.31 Å². The van der Waals surface area contributed by atoms with Crippen LogP contribution in [0.3, 0.4) is 0 Å². The number of rotatable bonds is 5. The summed E-state index contributed by atoms with van der Waals surface area (Å²) in [6.45, 7) is 0.228. The number of nitrogens with one attached hydrogen (secondary N) is 1. The van der Waals surface area contributed by atoms with Crippen molar-refractivity contribution in [2.24, 2.45) is 7.05 Å². The molecule has 9 nitrogen and oxygen atoms in total. The summed E-state index contributed by atoms with van der Waals surface area (Å²) in [7, 11) is -0.224. The van der Waals surface area contributed by atoms with Crippen LogP contribution in [0.25, 0.3) is 10.9 Å². The number of sulfonamides is 1. The maximum Gasteiger partial charge on any atom is 0.322 e. The van der Waals surface area contributed by atoms with Gasteiger partial charge in [0.2, 0.25) is 0 Å². The van der Waals surface area contributed by atoms with E-state index in [-0.39, 0.29) is 30.5 Å². The van der Waals surface area contributed by atoms with Gasteiger partial charge in [-0.3, -0.25) is 0 Å². The number of aliphatic hydroxyl groups is 1. The van der Waals surface area contributed by atoms with E-state index in [1.165, 1.54) is 39.9 Å². The van der Waals surface area contributed by atoms with E-state index < -0.39 is 33.3 Å². The lowest BCUT2D eigenvalue weighted by Crippen LogP contribution is -2.68. The lowest BCUT2D eigenvalue weighted by molar-refractivity contribution is 0.0536. The molecule has 0 saturated carbocycles. The van der Waals surface area contributed by atoms with Crippen LogP contribution in [-0.2, 0) is 22.5 Å². The van der Waals surface area contributed by atoms with Gasteiger partial charge in [0.25, 0.3) is 10.0 Å². The molecule has 6 rings (SSSR count). The zero-order valence-corrected chi connectivity index (χ0v) is 22.9. The average molecular weight is 571 g/mol. The summed E-state index contributed by atoms with van der Waals surface area (Å²) in [5, 5.41) is 16.0. The minimum Gasteiger partial charge on any atom is -0.497 e. The van der Waals surface area contributed by atoms with Crippen LogP contribution >= 0.6 is 11.3 Å². The molecule has 4 aromatic rings. The fourth-order valence-electron chi connectivity index (χ4n) is 5.89. The number of hydrogen-bond acceptors (Lipinski definition) is 6. The van der Waals surface area contributed by atoms with Crippen LogP contribution in [0.2, 0.25) is 0 Å². The molecular formula is C27H27FN4O5S2. The van der Waals surface area contributed by atoms with Crippen LogP contribution in [0, 0.1) is 5.82 Å². The first-order valence-corrected chi connectivity index (χ1v) is 14.6. The first-order chi connectivity index (χ1) is 18.7. The topological polar surface area (TPSA) is 104 Å². The second kappa shape index (κ2) is 9.33. The summed E-state index contributed by atoms with van der Waals surface area (Å²) in [6, 6.07) is 13.3. The van der Waals surface area contributed by atoms with E-state index in [0.29, 0.717) is 11.4 Å². The van der Waals surface area contributed by atoms with E-state index in [2.05, 4.69) is 5.32 Å². The third-order valence-corrected chi connectivity index (χ3v) is 10.9. The summed E-state index contributed by atoms with van der Waals surface area (Å²) in [6.07, 6.45) is 0. The van der Waals surface area contributed by atoms with Crippen LogP contribution in [0.15, 0.2) is 64.2 Å². The Bertz CT molecular complexity index is 1660. The molecule has 204 valence electrons. The van der Waals surface area contributed by atoms with Gasteiger partial charge in [-0.25, -0.2) is 17.6 Å². The van der Waals surface area contributed by atoms with Crippen LogP contribution in [0.5, 0.6) is 5.75 Å². The number of halogens is 1. The third-order valence-electron chi connectivity index (χ3n) is 7.72. The number of hydrogen-bond donors (Lipinski definition) is 2. The number of thiophene rings is 1. The molecule has 1 atom stereocenters. The number of carbonyl (C=O) groups excluding carboxylic acids is 1. The fourth-order valence-corrected chi connectivity index (χ4v) is 8.65. The normalized spacial score (nSPS) is 18.7. The Labute approximate surface area is 229 Å². The number of nitrogens with zero attached hydrogens (tertiary/aromatic N) is 3. The SMILES string of the molecule is COc1ccc2c3c(n(C)c2c1)[C@H](CO)N(C(=O)Nc1ccc(F)cc1)CC31CN(S(=O)(=O)c2cccs2)C1. The maximum absolute atomic E-state index is 13.6. The molecule has 0 aliphatic carbocycles. The van der Waals surface area contributed by atoms with Crippen LogP contribution < -0.4 is 10.1 Å². The lowest BCUT2D eigenvalue weighted by atomic mass is 9.70. The van der Waals surface area contributed by atoms with Gasteiger partial charge in [-0.15, -0.1) is 11.3 Å². The predicted molar refractivity (Wildman–Crippen MR) is 146 cm³/mol. The van der Waals surface area contributed by atoms with Crippen molar-refractivity contribution in [2.75, 3.05) is 38.7 Å². The third kappa shape index (κ3) is 4.01. The van der Waals surface area contributed by atoms with Gasteiger partial charge in [0, 0.05) is 54.9 Å². The monoisotopic (exact) mass is 570 g/mol. The number of methoxy groups -OCH3 is 1. The number of urea groups is 1. The van der Waals surface area contributed by atoms with Crippen molar-refractivity contribution in [3.05, 3.63) is 77.1 Å². The Balaban J connectivity index is 1.45. The summed E-state index contributed by atoms with van der Waals surface area (Å²) < 4.78 is 49.2. The largest absolute Gasteiger partial charge is 0.497 e. The van der Waals surface area contributed by atoms with Crippen LogP contribution in [0.1, 0.15) is 17.3 Å². The van der Waals surface area contributed by atoms with E-state index in [4.69, 9.17) is 4.74 Å². The molecule has 2 amide bonds. The number of aliphatic hydroxyl groups excluding tert-OH is 1. The molecule has 2 aromatic carbocycles. The molecule has 4 heterocycles. The molecule has 1 fully saturated rings. The molecule has 2 N–H and O–H groups in total. The number of carbonyl (C=O) groups is 1. The summed E-state index contributed by atoms with van der Waals surface area (Å²) in [4.78, 5) is 15.2. The van der Waals surface area contributed by atoms with Crippen molar-refractivity contribution in [1.29, 1.82) is 0 Å². The molecule has 2 aliphatic rings. The van der Waals surface area contributed by atoms with Crippen molar-refractivity contribution >= 4 is 44.0 Å². The number of benzene rings is 2. The Morgan fingerprint density at radius 3 is 2.56 bits per heavy atom. The molecule has 0 unspecified atom stereocenters. The Hall–Kier alpha value is -3.45. The van der Waals surface area contributed by atoms with Crippen LogP contribution in [-0.4, -0.2) is 66.7 Å². The van der Waals surface area contributed by atoms with Gasteiger partial charge in [0.1, 0.15) is 15.8 Å². The Kier molecular flexibility index (Phi) is 6.18. The minimum absolute atomic E-state index is 0.184. The van der Waals surface area contributed by atoms with E-state index in [1.54, 1.807) is 29.5 Å². The summed E-state index contributed by atoms with van der Waals surface area (Å²) >= 11 is 1.17. The van der Waals surface area contributed by atoms with Crippen LogP contribution in [0.4, 0.5) is 14.9 Å². The van der Waals surface area contributed by atoms with Gasteiger partial charge in [-0.1, -0.05) is 6.07 Å². The molecule has 0 bridgehead atoms. The van der Waals surface area contributed by atoms with Crippen molar-refractivity contribution in [1.82, 2.24) is 13.8 Å². The first-order valence-electron chi connectivity index (χ1n) is 12.3. The van der Waals surface area contributed by atoms with E-state index in [0.717, 1.165) is 22.2 Å². The average Bonchev–Trinajstić information content (AvgIpc) is 3.56. The molecule has 1 spiro atoms. The number of ether oxygens (including phenoxy) is 1. The highest BCUT2D eigenvalue weighted by molar-refractivity contribution is 7.91. The summed E-state index contributed by atoms with van der Waals surface area (Å²) in [5.41, 5.74) is 2.26. The molecule has 12 heteroatoms. The molecule has 0 radical (unpaired) electrons. The number of aromatic nitrogens is 1. The predicted octanol–water partition coefficient (Wildman–Crippen LogP) is 3.91. The number of aryl methyl sites for hydroxylation is 1. The standard InChI is InChI=1S/C27H27FN4O5S2/c1-30-21-12-19(37-2)9-10-20(21)24-25(30)22(13-33)32(26(34)29-18-7-5-17(28)6-8-18)16-27(24)14-31(15-27)39(35,36)23-4-3-11-38-23/h3-12,22,33H,13-16H2,1-2H3,(H,29,34)/t22-/m0/s1. The smallest absolute Gasteiger partial charge is 0.322 e. The summed E-state index contributed by atoms with van der Waals surface area (Å²) in [5.74, 6) is 0.242. The number of anilines is 1. The van der Waals surface area contributed by atoms with Crippen molar-refractivity contribution in [3.8, 4) is 5.75 Å². The molecule has 2 aromatic heterocycles. The van der Waals surface area contributed by atoms with Crippen molar-refractivity contribution in [2.45, 2.75) is 15.7 Å². The second-order valence-corrected chi connectivity index (χ2v) is 13.1. The number of fused-ring (bicyclic) bond motifs is 4. The highest BCUT2D eigenvalue weighted by Crippen LogP contribution is 2.51.